The standard InChI is InChI=1S/C20H20ClN3/c21-18-7-2-8-19(14-18)24-12-10-23(11-13-24)15-17-5-1-4-16-6-3-9-22-20(16)17/h1-9,14H,10-13,15H2. The zero-order chi connectivity index (χ0) is 16.4. The molecule has 0 radical (unpaired) electrons. The van der Waals surface area contributed by atoms with Gasteiger partial charge in [0.05, 0.1) is 5.52 Å². The van der Waals surface area contributed by atoms with E-state index in [1.165, 1.54) is 16.6 Å². The summed E-state index contributed by atoms with van der Waals surface area (Å²) in [6, 6.07) is 18.7. The highest BCUT2D eigenvalue weighted by Gasteiger charge is 2.18. The van der Waals surface area contributed by atoms with Crippen molar-refractivity contribution in [2.24, 2.45) is 0 Å². The predicted molar refractivity (Wildman–Crippen MR) is 101 cm³/mol. The van der Waals surface area contributed by atoms with Crippen LogP contribution in [0.1, 0.15) is 5.56 Å². The molecule has 4 rings (SSSR count). The Morgan fingerprint density at radius 1 is 0.917 bits per heavy atom. The van der Waals surface area contributed by atoms with E-state index in [-0.39, 0.29) is 0 Å². The van der Waals surface area contributed by atoms with Crippen molar-refractivity contribution in [3.8, 4) is 0 Å². The molecule has 0 amide bonds. The molecule has 3 aromatic rings. The lowest BCUT2D eigenvalue weighted by Gasteiger charge is -2.36. The van der Waals surface area contributed by atoms with E-state index in [1.54, 1.807) is 0 Å². The molecule has 0 saturated carbocycles. The maximum atomic E-state index is 6.11. The van der Waals surface area contributed by atoms with Gasteiger partial charge in [-0.1, -0.05) is 41.9 Å². The van der Waals surface area contributed by atoms with Crippen molar-refractivity contribution in [1.29, 1.82) is 0 Å². The highest BCUT2D eigenvalue weighted by atomic mass is 35.5. The lowest BCUT2D eigenvalue weighted by atomic mass is 10.1. The van der Waals surface area contributed by atoms with Crippen molar-refractivity contribution in [3.63, 3.8) is 0 Å². The molecule has 2 aromatic carbocycles. The Hall–Kier alpha value is -2.10. The first-order valence-corrected chi connectivity index (χ1v) is 8.73. The summed E-state index contributed by atoms with van der Waals surface area (Å²) in [5.41, 5.74) is 3.65. The molecule has 24 heavy (non-hydrogen) atoms. The zero-order valence-electron chi connectivity index (χ0n) is 13.5. The number of rotatable bonds is 3. The maximum Gasteiger partial charge on any atom is 0.0746 e. The Morgan fingerprint density at radius 2 is 1.71 bits per heavy atom. The van der Waals surface area contributed by atoms with Gasteiger partial charge in [-0.25, -0.2) is 0 Å². The molecule has 122 valence electrons. The number of hydrogen-bond acceptors (Lipinski definition) is 3. The molecule has 2 heterocycles. The minimum Gasteiger partial charge on any atom is -0.369 e. The number of piperazine rings is 1. The van der Waals surface area contributed by atoms with Gasteiger partial charge >= 0.3 is 0 Å². The number of hydrogen-bond donors (Lipinski definition) is 0. The molecule has 0 spiro atoms. The predicted octanol–water partition coefficient (Wildman–Crippen LogP) is 4.21. The lowest BCUT2D eigenvalue weighted by molar-refractivity contribution is 0.250. The second kappa shape index (κ2) is 6.80. The SMILES string of the molecule is Clc1cccc(N2CCN(Cc3cccc4cccnc34)CC2)c1. The number of nitrogens with zero attached hydrogens (tertiary/aromatic N) is 3. The zero-order valence-corrected chi connectivity index (χ0v) is 14.3. The molecule has 0 atom stereocenters. The fourth-order valence-corrected chi connectivity index (χ4v) is 3.56. The number of para-hydroxylation sites is 1. The third kappa shape index (κ3) is 3.23. The summed E-state index contributed by atoms with van der Waals surface area (Å²) in [7, 11) is 0. The highest BCUT2D eigenvalue weighted by molar-refractivity contribution is 6.30. The first-order chi connectivity index (χ1) is 11.8. The van der Waals surface area contributed by atoms with Crippen molar-refractivity contribution in [1.82, 2.24) is 9.88 Å². The smallest absolute Gasteiger partial charge is 0.0746 e. The molecular weight excluding hydrogens is 318 g/mol. The molecule has 4 heteroatoms. The second-order valence-electron chi connectivity index (χ2n) is 6.24. The van der Waals surface area contributed by atoms with Gasteiger partial charge in [0.15, 0.2) is 0 Å². The number of pyridine rings is 1. The first-order valence-electron chi connectivity index (χ1n) is 8.35. The normalized spacial score (nSPS) is 15.8. The van der Waals surface area contributed by atoms with Crippen molar-refractivity contribution in [2.45, 2.75) is 6.54 Å². The van der Waals surface area contributed by atoms with Gasteiger partial charge in [0, 0.05) is 55.0 Å². The van der Waals surface area contributed by atoms with Gasteiger partial charge in [-0.05, 0) is 29.8 Å². The summed E-state index contributed by atoms with van der Waals surface area (Å²) in [6.45, 7) is 5.11. The molecule has 0 N–H and O–H groups in total. The summed E-state index contributed by atoms with van der Waals surface area (Å²) in [4.78, 5) is 9.48. The number of fused-ring (bicyclic) bond motifs is 1. The average molecular weight is 338 g/mol. The van der Waals surface area contributed by atoms with E-state index >= 15 is 0 Å². The van der Waals surface area contributed by atoms with Crippen LogP contribution >= 0.6 is 11.6 Å². The number of aromatic nitrogens is 1. The Balaban J connectivity index is 1.44. The van der Waals surface area contributed by atoms with E-state index in [9.17, 15) is 0 Å². The van der Waals surface area contributed by atoms with E-state index in [2.05, 4.69) is 45.1 Å². The topological polar surface area (TPSA) is 19.4 Å². The Morgan fingerprint density at radius 3 is 2.54 bits per heavy atom. The third-order valence-electron chi connectivity index (χ3n) is 4.66. The van der Waals surface area contributed by atoms with Gasteiger partial charge in [-0.15, -0.1) is 0 Å². The summed E-state index contributed by atoms with van der Waals surface area (Å²) >= 11 is 6.11. The third-order valence-corrected chi connectivity index (χ3v) is 4.89. The Bertz CT molecular complexity index is 836. The molecule has 0 bridgehead atoms. The Labute approximate surface area is 147 Å². The van der Waals surface area contributed by atoms with Crippen LogP contribution in [0.25, 0.3) is 10.9 Å². The first kappa shape index (κ1) is 15.4. The quantitative estimate of drug-likeness (QED) is 0.713. The van der Waals surface area contributed by atoms with E-state index in [0.717, 1.165) is 43.3 Å². The molecule has 0 unspecified atom stereocenters. The van der Waals surface area contributed by atoms with Crippen LogP contribution in [0.3, 0.4) is 0 Å². The van der Waals surface area contributed by atoms with Crippen molar-refractivity contribution < 1.29 is 0 Å². The molecule has 1 aliphatic rings. The number of halogens is 1. The minimum absolute atomic E-state index is 0.803. The van der Waals surface area contributed by atoms with Gasteiger partial charge in [0.25, 0.3) is 0 Å². The van der Waals surface area contributed by atoms with Crippen LogP contribution in [0.15, 0.2) is 60.8 Å². The maximum absolute atomic E-state index is 6.11. The summed E-state index contributed by atoms with van der Waals surface area (Å²) in [5.74, 6) is 0. The van der Waals surface area contributed by atoms with Crippen LogP contribution in [-0.2, 0) is 6.54 Å². The second-order valence-corrected chi connectivity index (χ2v) is 6.67. The summed E-state index contributed by atoms with van der Waals surface area (Å²) in [6.07, 6.45) is 1.88. The van der Waals surface area contributed by atoms with Gasteiger partial charge in [-0.3, -0.25) is 9.88 Å². The molecule has 1 aliphatic heterocycles. The molecule has 3 nitrogen and oxygen atoms in total. The molecule has 1 fully saturated rings. The van der Waals surface area contributed by atoms with Gasteiger partial charge in [-0.2, -0.15) is 0 Å². The molecule has 0 aliphatic carbocycles. The van der Waals surface area contributed by atoms with Crippen LogP contribution in [0, 0.1) is 0 Å². The highest BCUT2D eigenvalue weighted by Crippen LogP contribution is 2.22. The van der Waals surface area contributed by atoms with E-state index in [4.69, 9.17) is 11.6 Å². The van der Waals surface area contributed by atoms with Gasteiger partial charge in [0.2, 0.25) is 0 Å². The summed E-state index contributed by atoms with van der Waals surface area (Å²) in [5, 5.41) is 2.02. The average Bonchev–Trinajstić information content (AvgIpc) is 2.63. The fourth-order valence-electron chi connectivity index (χ4n) is 3.37. The number of benzene rings is 2. The van der Waals surface area contributed by atoms with Crippen LogP contribution < -0.4 is 4.90 Å². The molecule has 1 saturated heterocycles. The van der Waals surface area contributed by atoms with Crippen molar-refractivity contribution in [3.05, 3.63) is 71.4 Å². The van der Waals surface area contributed by atoms with Crippen LogP contribution in [0.5, 0.6) is 0 Å². The van der Waals surface area contributed by atoms with E-state index < -0.39 is 0 Å². The monoisotopic (exact) mass is 337 g/mol. The van der Waals surface area contributed by atoms with Gasteiger partial charge < -0.3 is 4.90 Å². The largest absolute Gasteiger partial charge is 0.369 e. The Kier molecular flexibility index (Phi) is 4.37. The van der Waals surface area contributed by atoms with Crippen LogP contribution in [0.4, 0.5) is 5.69 Å². The molecule has 1 aromatic heterocycles. The van der Waals surface area contributed by atoms with E-state index in [0.29, 0.717) is 0 Å². The number of anilines is 1. The van der Waals surface area contributed by atoms with Crippen LogP contribution in [-0.4, -0.2) is 36.1 Å². The summed E-state index contributed by atoms with van der Waals surface area (Å²) < 4.78 is 0. The van der Waals surface area contributed by atoms with E-state index in [1.807, 2.05) is 30.5 Å². The minimum atomic E-state index is 0.803. The van der Waals surface area contributed by atoms with Crippen LogP contribution in [0.2, 0.25) is 5.02 Å². The van der Waals surface area contributed by atoms with Gasteiger partial charge in [0.1, 0.15) is 0 Å². The molecular formula is C20H20ClN3. The fraction of sp³-hybridized carbons (Fsp3) is 0.250. The lowest BCUT2D eigenvalue weighted by Crippen LogP contribution is -2.46. The van der Waals surface area contributed by atoms with Crippen molar-refractivity contribution in [2.75, 3.05) is 31.1 Å². The van der Waals surface area contributed by atoms with Crippen molar-refractivity contribution >= 4 is 28.2 Å².